The topological polar surface area (TPSA) is 124 Å². The summed E-state index contributed by atoms with van der Waals surface area (Å²) in [6.07, 6.45) is 1.31. The third-order valence-corrected chi connectivity index (χ3v) is 5.03. The normalized spacial score (nSPS) is 10.9. The molecule has 0 saturated carbocycles. The molecule has 0 aliphatic heterocycles. The van der Waals surface area contributed by atoms with Gasteiger partial charge in [0.25, 0.3) is 21.4 Å². The van der Waals surface area contributed by atoms with Crippen molar-refractivity contribution in [3.63, 3.8) is 0 Å². The zero-order valence-electron chi connectivity index (χ0n) is 12.8. The van der Waals surface area contributed by atoms with Crippen molar-refractivity contribution in [2.24, 2.45) is 0 Å². The van der Waals surface area contributed by atoms with Crippen LogP contribution in [0, 0.1) is 20.2 Å². The van der Waals surface area contributed by atoms with Crippen molar-refractivity contribution in [3.8, 4) is 0 Å². The van der Waals surface area contributed by atoms with E-state index < -0.39 is 19.9 Å². The number of sulfonamides is 1. The number of hydrogen-bond donors (Lipinski definition) is 0. The van der Waals surface area contributed by atoms with Crippen LogP contribution in [0.4, 0.5) is 17.1 Å². The first-order chi connectivity index (χ1) is 11.8. The molecule has 0 saturated heterocycles. The molecule has 2 aromatic rings. The van der Waals surface area contributed by atoms with Crippen LogP contribution in [0.25, 0.3) is 0 Å². The number of hydrogen-bond acceptors (Lipinski definition) is 6. The molecular weight excluding hydrogens is 350 g/mol. The number of benzene rings is 2. The van der Waals surface area contributed by atoms with Crippen LogP contribution >= 0.6 is 0 Å². The summed E-state index contributed by atoms with van der Waals surface area (Å²) in [6, 6.07) is 9.67. The molecule has 0 aliphatic carbocycles. The predicted octanol–water partition coefficient (Wildman–Crippen LogP) is 2.88. The Kier molecular flexibility index (Phi) is 5.13. The first-order valence-electron chi connectivity index (χ1n) is 6.90. The van der Waals surface area contributed by atoms with Crippen molar-refractivity contribution in [2.75, 3.05) is 10.8 Å². The minimum absolute atomic E-state index is 0.0561. The Hall–Kier alpha value is -3.27. The summed E-state index contributed by atoms with van der Waals surface area (Å²) >= 11 is 0. The summed E-state index contributed by atoms with van der Waals surface area (Å²) in [4.78, 5) is 20.1. The maximum absolute atomic E-state index is 12.9. The summed E-state index contributed by atoms with van der Waals surface area (Å²) in [5, 5.41) is 21.8. The zero-order valence-corrected chi connectivity index (χ0v) is 13.6. The van der Waals surface area contributed by atoms with Crippen LogP contribution in [-0.2, 0) is 10.0 Å². The van der Waals surface area contributed by atoms with Gasteiger partial charge >= 0.3 is 0 Å². The average Bonchev–Trinajstić information content (AvgIpc) is 2.59. The molecule has 2 aromatic carbocycles. The van der Waals surface area contributed by atoms with Gasteiger partial charge < -0.3 is 0 Å². The van der Waals surface area contributed by atoms with Crippen LogP contribution in [0.5, 0.6) is 0 Å². The Labute approximate surface area is 143 Å². The molecule has 0 unspecified atom stereocenters. The smallest absolute Gasteiger partial charge is 0.262 e. The van der Waals surface area contributed by atoms with Gasteiger partial charge in [-0.2, -0.15) is 0 Å². The van der Waals surface area contributed by atoms with Gasteiger partial charge in [-0.05, 0) is 12.1 Å². The molecule has 2 rings (SSSR count). The van der Waals surface area contributed by atoms with E-state index in [2.05, 4.69) is 6.58 Å². The van der Waals surface area contributed by atoms with Crippen LogP contribution < -0.4 is 4.31 Å². The molecule has 10 heteroatoms. The molecule has 0 amide bonds. The fourth-order valence-electron chi connectivity index (χ4n) is 2.11. The van der Waals surface area contributed by atoms with Gasteiger partial charge in [0.2, 0.25) is 0 Å². The maximum Gasteiger partial charge on any atom is 0.271 e. The van der Waals surface area contributed by atoms with E-state index in [1.807, 2.05) is 0 Å². The Morgan fingerprint density at radius 3 is 2.12 bits per heavy atom. The molecule has 0 N–H and O–H groups in total. The Morgan fingerprint density at radius 1 is 1.00 bits per heavy atom. The SMILES string of the molecule is C=CCN(c1cccc([N+](=O)[O-])c1)S(=O)(=O)c1cccc([N+](=O)[O-])c1. The highest BCUT2D eigenvalue weighted by Gasteiger charge is 2.26. The van der Waals surface area contributed by atoms with Crippen LogP contribution in [-0.4, -0.2) is 24.8 Å². The number of non-ortho nitro benzene ring substituents is 2. The minimum atomic E-state index is -4.18. The lowest BCUT2D eigenvalue weighted by molar-refractivity contribution is -0.385. The van der Waals surface area contributed by atoms with E-state index in [9.17, 15) is 28.6 Å². The number of nitrogens with zero attached hydrogens (tertiary/aromatic N) is 3. The lowest BCUT2D eigenvalue weighted by Crippen LogP contribution is -2.31. The molecular formula is C15H13N3O6S. The lowest BCUT2D eigenvalue weighted by atomic mass is 10.3. The zero-order chi connectivity index (χ0) is 18.6. The highest BCUT2D eigenvalue weighted by atomic mass is 32.2. The lowest BCUT2D eigenvalue weighted by Gasteiger charge is -2.22. The Bertz CT molecular complexity index is 942. The maximum atomic E-state index is 12.9. The molecule has 0 heterocycles. The fraction of sp³-hybridized carbons (Fsp3) is 0.0667. The number of anilines is 1. The van der Waals surface area contributed by atoms with Crippen LogP contribution in [0.15, 0.2) is 66.1 Å². The van der Waals surface area contributed by atoms with Crippen LogP contribution in [0.3, 0.4) is 0 Å². The molecule has 0 bridgehead atoms. The molecule has 0 spiro atoms. The Morgan fingerprint density at radius 2 is 1.56 bits per heavy atom. The van der Waals surface area contributed by atoms with Crippen LogP contribution in [0.2, 0.25) is 0 Å². The number of rotatable bonds is 7. The van der Waals surface area contributed by atoms with E-state index in [0.29, 0.717) is 0 Å². The predicted molar refractivity (Wildman–Crippen MR) is 90.9 cm³/mol. The fourth-order valence-corrected chi connectivity index (χ4v) is 3.57. The van der Waals surface area contributed by atoms with E-state index in [4.69, 9.17) is 0 Å². The largest absolute Gasteiger partial charge is 0.271 e. The summed E-state index contributed by atoms with van der Waals surface area (Å²) in [5.41, 5.74) is -0.597. The van der Waals surface area contributed by atoms with Gasteiger partial charge in [-0.1, -0.05) is 18.2 Å². The first-order valence-corrected chi connectivity index (χ1v) is 8.34. The van der Waals surface area contributed by atoms with Crippen molar-refractivity contribution in [3.05, 3.63) is 81.4 Å². The third kappa shape index (κ3) is 3.80. The Balaban J connectivity index is 2.57. The van der Waals surface area contributed by atoms with E-state index in [1.165, 1.54) is 42.5 Å². The van der Waals surface area contributed by atoms with Gasteiger partial charge in [-0.3, -0.25) is 24.5 Å². The highest BCUT2D eigenvalue weighted by Crippen LogP contribution is 2.28. The third-order valence-electron chi connectivity index (χ3n) is 3.24. The van der Waals surface area contributed by atoms with Crippen molar-refractivity contribution in [1.29, 1.82) is 0 Å². The quantitative estimate of drug-likeness (QED) is 0.423. The average molecular weight is 363 g/mol. The monoisotopic (exact) mass is 363 g/mol. The van der Waals surface area contributed by atoms with Crippen molar-refractivity contribution < 1.29 is 18.3 Å². The molecule has 25 heavy (non-hydrogen) atoms. The van der Waals surface area contributed by atoms with Gasteiger partial charge in [-0.25, -0.2) is 8.42 Å². The second-order valence-electron chi connectivity index (χ2n) is 4.86. The van der Waals surface area contributed by atoms with Crippen molar-refractivity contribution in [2.45, 2.75) is 4.90 Å². The van der Waals surface area contributed by atoms with Gasteiger partial charge in [0, 0.05) is 24.3 Å². The second kappa shape index (κ2) is 7.09. The summed E-state index contributed by atoms with van der Waals surface area (Å²) in [7, 11) is -4.18. The van der Waals surface area contributed by atoms with Gasteiger partial charge in [0.15, 0.2) is 0 Å². The van der Waals surface area contributed by atoms with Crippen LogP contribution in [0.1, 0.15) is 0 Å². The minimum Gasteiger partial charge on any atom is -0.262 e. The molecule has 0 radical (unpaired) electrons. The molecule has 130 valence electrons. The van der Waals surface area contributed by atoms with Crippen molar-refractivity contribution >= 4 is 27.1 Å². The number of nitro benzene ring substituents is 2. The standard InChI is InChI=1S/C15H13N3O6S/c1-2-9-16(12-5-3-6-13(10-12)17(19)20)25(23,24)15-8-4-7-14(11-15)18(21)22/h2-8,10-11H,1,9H2. The summed E-state index contributed by atoms with van der Waals surface area (Å²) in [6.45, 7) is 3.33. The molecule has 0 fully saturated rings. The summed E-state index contributed by atoms with van der Waals surface area (Å²) in [5.74, 6) is 0. The van der Waals surface area contributed by atoms with E-state index in [-0.39, 0.29) is 28.5 Å². The second-order valence-corrected chi connectivity index (χ2v) is 6.72. The molecule has 9 nitrogen and oxygen atoms in total. The van der Waals surface area contributed by atoms with Gasteiger partial charge in [0.1, 0.15) is 0 Å². The first kappa shape index (κ1) is 18.1. The van der Waals surface area contributed by atoms with E-state index >= 15 is 0 Å². The number of nitro groups is 2. The van der Waals surface area contributed by atoms with Crippen molar-refractivity contribution in [1.82, 2.24) is 0 Å². The van der Waals surface area contributed by atoms with Gasteiger partial charge in [-0.15, -0.1) is 6.58 Å². The summed E-state index contributed by atoms with van der Waals surface area (Å²) < 4.78 is 26.6. The highest BCUT2D eigenvalue weighted by molar-refractivity contribution is 7.92. The molecule has 0 aliphatic rings. The molecule has 0 aromatic heterocycles. The molecule has 0 atom stereocenters. The van der Waals surface area contributed by atoms with E-state index in [0.717, 1.165) is 16.4 Å². The van der Waals surface area contributed by atoms with Gasteiger partial charge in [0.05, 0.1) is 27.0 Å². The van der Waals surface area contributed by atoms with E-state index in [1.54, 1.807) is 0 Å².